The van der Waals surface area contributed by atoms with Gasteiger partial charge < -0.3 is 0 Å². The molecule has 0 saturated carbocycles. The van der Waals surface area contributed by atoms with Crippen molar-refractivity contribution in [2.45, 2.75) is 6.54 Å². The Kier molecular flexibility index (Phi) is 6.76. The highest BCUT2D eigenvalue weighted by atomic mass is 19.1. The van der Waals surface area contributed by atoms with Gasteiger partial charge in [0.05, 0.1) is 17.9 Å². The van der Waals surface area contributed by atoms with E-state index in [-0.39, 0.29) is 11.7 Å². The average molecular weight is 475 g/mol. The second kappa shape index (κ2) is 10.6. The summed E-state index contributed by atoms with van der Waals surface area (Å²) in [6.45, 7) is 0.384. The molecule has 0 N–H and O–H groups in total. The minimum absolute atomic E-state index is 0.213. The van der Waals surface area contributed by atoms with Gasteiger partial charge in [-0.15, -0.1) is 0 Å². The number of para-hydroxylation sites is 1. The van der Waals surface area contributed by atoms with Crippen LogP contribution in [0.25, 0.3) is 23.0 Å². The highest BCUT2D eigenvalue weighted by molar-refractivity contribution is 6.03. The van der Waals surface area contributed by atoms with Gasteiger partial charge in [-0.1, -0.05) is 54.6 Å². The van der Waals surface area contributed by atoms with Gasteiger partial charge in [-0.2, -0.15) is 5.10 Å². The van der Waals surface area contributed by atoms with Crippen LogP contribution in [0.2, 0.25) is 0 Å². The van der Waals surface area contributed by atoms with Gasteiger partial charge in [0.2, 0.25) is 0 Å². The van der Waals surface area contributed by atoms with E-state index in [0.29, 0.717) is 18.1 Å². The Labute approximate surface area is 208 Å². The number of anilines is 1. The van der Waals surface area contributed by atoms with E-state index >= 15 is 0 Å². The van der Waals surface area contributed by atoms with Crippen molar-refractivity contribution in [3.63, 3.8) is 0 Å². The first-order chi connectivity index (χ1) is 17.7. The number of hydrogen-bond acceptors (Lipinski definition) is 3. The van der Waals surface area contributed by atoms with Gasteiger partial charge in [0, 0.05) is 29.6 Å². The van der Waals surface area contributed by atoms with E-state index in [1.165, 1.54) is 18.2 Å². The minimum Gasteiger partial charge on any atom is -0.289 e. The SMILES string of the molecule is O=C(/C=C/c1cn(-c2ccccc2)nc1-c1ccc(F)cc1)N(Cc1ccccc1)c1ccccn1. The molecule has 0 unspecified atom stereocenters. The van der Waals surface area contributed by atoms with Crippen LogP contribution in [0.5, 0.6) is 0 Å². The van der Waals surface area contributed by atoms with Crippen molar-refractivity contribution in [1.29, 1.82) is 0 Å². The third kappa shape index (κ3) is 5.28. The first-order valence-electron chi connectivity index (χ1n) is 11.5. The fourth-order valence-corrected chi connectivity index (χ4v) is 3.86. The molecule has 2 aromatic heterocycles. The van der Waals surface area contributed by atoms with Crippen molar-refractivity contribution in [1.82, 2.24) is 14.8 Å². The standard InChI is InChI=1S/C30H23FN4O/c31-26-17-14-24(15-18-26)30-25(22-35(33-30)27-11-5-2-6-12-27)16-19-29(36)34(28-13-7-8-20-32-28)21-23-9-3-1-4-10-23/h1-20,22H,21H2/b19-16+. The molecule has 0 radical (unpaired) electrons. The second-order valence-electron chi connectivity index (χ2n) is 8.15. The van der Waals surface area contributed by atoms with Crippen molar-refractivity contribution in [3.05, 3.63) is 139 Å². The molecule has 6 heteroatoms. The fraction of sp³-hybridized carbons (Fsp3) is 0.0333. The molecular formula is C30H23FN4O. The summed E-state index contributed by atoms with van der Waals surface area (Å²) in [5.74, 6) is 0.0326. The van der Waals surface area contributed by atoms with E-state index in [1.54, 1.807) is 34.0 Å². The highest BCUT2D eigenvalue weighted by Crippen LogP contribution is 2.25. The number of benzene rings is 3. The van der Waals surface area contributed by atoms with Gasteiger partial charge in [0.25, 0.3) is 5.91 Å². The van der Waals surface area contributed by atoms with Crippen LogP contribution in [-0.4, -0.2) is 20.7 Å². The summed E-state index contributed by atoms with van der Waals surface area (Å²) in [6.07, 6.45) is 6.80. The molecule has 0 fully saturated rings. The summed E-state index contributed by atoms with van der Waals surface area (Å²) in [5.41, 5.74) is 4.01. The number of rotatable bonds is 7. The average Bonchev–Trinajstić information content (AvgIpc) is 3.37. The first kappa shape index (κ1) is 22.9. The molecule has 0 atom stereocenters. The Morgan fingerprint density at radius 2 is 1.56 bits per heavy atom. The third-order valence-electron chi connectivity index (χ3n) is 5.66. The molecule has 3 aromatic carbocycles. The monoisotopic (exact) mass is 474 g/mol. The normalized spacial score (nSPS) is 11.0. The predicted molar refractivity (Wildman–Crippen MR) is 140 cm³/mol. The lowest BCUT2D eigenvalue weighted by molar-refractivity contribution is -0.114. The molecule has 0 bridgehead atoms. The lowest BCUT2D eigenvalue weighted by Gasteiger charge is -2.20. The van der Waals surface area contributed by atoms with Gasteiger partial charge in [0.15, 0.2) is 0 Å². The van der Waals surface area contributed by atoms with Crippen LogP contribution in [0, 0.1) is 5.82 Å². The molecule has 1 amide bonds. The van der Waals surface area contributed by atoms with Gasteiger partial charge >= 0.3 is 0 Å². The molecule has 0 aliphatic heterocycles. The van der Waals surface area contributed by atoms with Gasteiger partial charge in [0.1, 0.15) is 11.6 Å². The maximum atomic E-state index is 13.6. The van der Waals surface area contributed by atoms with Crippen LogP contribution in [0.1, 0.15) is 11.1 Å². The maximum absolute atomic E-state index is 13.6. The summed E-state index contributed by atoms with van der Waals surface area (Å²) in [6, 6.07) is 31.1. The van der Waals surface area contributed by atoms with Crippen LogP contribution in [0.4, 0.5) is 10.2 Å². The summed E-state index contributed by atoms with van der Waals surface area (Å²) in [5, 5.41) is 4.73. The summed E-state index contributed by atoms with van der Waals surface area (Å²) in [4.78, 5) is 19.4. The lowest BCUT2D eigenvalue weighted by Crippen LogP contribution is -2.29. The van der Waals surface area contributed by atoms with Crippen LogP contribution >= 0.6 is 0 Å². The van der Waals surface area contributed by atoms with Crippen molar-refractivity contribution >= 4 is 17.8 Å². The zero-order valence-corrected chi connectivity index (χ0v) is 19.4. The first-order valence-corrected chi connectivity index (χ1v) is 11.5. The van der Waals surface area contributed by atoms with Crippen LogP contribution in [0.3, 0.4) is 0 Å². The summed E-state index contributed by atoms with van der Waals surface area (Å²) < 4.78 is 15.3. The van der Waals surface area contributed by atoms with E-state index in [1.807, 2.05) is 85.1 Å². The Hall–Kier alpha value is -4.84. The number of aromatic nitrogens is 3. The zero-order chi connectivity index (χ0) is 24.7. The molecule has 0 aliphatic carbocycles. The molecule has 5 rings (SSSR count). The number of pyridine rings is 1. The van der Waals surface area contributed by atoms with E-state index < -0.39 is 0 Å². The lowest BCUT2D eigenvalue weighted by atomic mass is 10.1. The summed E-state index contributed by atoms with van der Waals surface area (Å²) in [7, 11) is 0. The number of halogens is 1. The molecule has 5 aromatic rings. The Morgan fingerprint density at radius 1 is 0.861 bits per heavy atom. The third-order valence-corrected chi connectivity index (χ3v) is 5.66. The van der Waals surface area contributed by atoms with E-state index in [2.05, 4.69) is 4.98 Å². The quantitative estimate of drug-likeness (QED) is 0.259. The van der Waals surface area contributed by atoms with Crippen LogP contribution in [0.15, 0.2) is 122 Å². The number of amides is 1. The fourth-order valence-electron chi connectivity index (χ4n) is 3.86. The maximum Gasteiger partial charge on any atom is 0.252 e. The molecule has 176 valence electrons. The van der Waals surface area contributed by atoms with Crippen LogP contribution < -0.4 is 4.90 Å². The molecule has 2 heterocycles. The van der Waals surface area contributed by atoms with Gasteiger partial charge in [-0.25, -0.2) is 14.1 Å². The molecule has 0 spiro atoms. The van der Waals surface area contributed by atoms with E-state index in [0.717, 1.165) is 22.4 Å². The number of carbonyl (C=O) groups is 1. The van der Waals surface area contributed by atoms with Gasteiger partial charge in [-0.3, -0.25) is 9.69 Å². The van der Waals surface area contributed by atoms with Crippen molar-refractivity contribution in [3.8, 4) is 16.9 Å². The molecule has 0 saturated heterocycles. The largest absolute Gasteiger partial charge is 0.289 e. The van der Waals surface area contributed by atoms with E-state index in [9.17, 15) is 9.18 Å². The predicted octanol–water partition coefficient (Wildman–Crippen LogP) is 6.32. The number of hydrogen-bond donors (Lipinski definition) is 0. The topological polar surface area (TPSA) is 51.0 Å². The smallest absolute Gasteiger partial charge is 0.252 e. The molecular weight excluding hydrogens is 451 g/mol. The Balaban J connectivity index is 1.50. The van der Waals surface area contributed by atoms with Gasteiger partial charge in [-0.05, 0) is 60.2 Å². The van der Waals surface area contributed by atoms with Crippen molar-refractivity contribution < 1.29 is 9.18 Å². The van der Waals surface area contributed by atoms with Crippen LogP contribution in [-0.2, 0) is 11.3 Å². The molecule has 36 heavy (non-hydrogen) atoms. The summed E-state index contributed by atoms with van der Waals surface area (Å²) >= 11 is 0. The molecule has 0 aliphatic rings. The second-order valence-corrected chi connectivity index (χ2v) is 8.15. The Morgan fingerprint density at radius 3 is 2.25 bits per heavy atom. The van der Waals surface area contributed by atoms with E-state index in [4.69, 9.17) is 5.10 Å². The number of carbonyl (C=O) groups excluding carboxylic acids is 1. The molecule has 5 nitrogen and oxygen atoms in total. The Bertz CT molecular complexity index is 1460. The zero-order valence-electron chi connectivity index (χ0n) is 19.4. The van der Waals surface area contributed by atoms with Crippen molar-refractivity contribution in [2.75, 3.05) is 4.90 Å². The minimum atomic E-state index is -0.319. The number of nitrogens with zero attached hydrogens (tertiary/aromatic N) is 4. The highest BCUT2D eigenvalue weighted by Gasteiger charge is 2.16. The van der Waals surface area contributed by atoms with Crippen molar-refractivity contribution in [2.24, 2.45) is 0 Å².